The van der Waals surface area contributed by atoms with Crippen LogP contribution in [-0.4, -0.2) is 55.1 Å². The predicted molar refractivity (Wildman–Crippen MR) is 82.9 cm³/mol. The highest BCUT2D eigenvalue weighted by atomic mass is 16.6. The molecule has 0 saturated carbocycles. The Morgan fingerprint density at radius 2 is 2.05 bits per heavy atom. The zero-order valence-corrected chi connectivity index (χ0v) is 12.4. The van der Waals surface area contributed by atoms with Gasteiger partial charge in [-0.3, -0.25) is 15.0 Å². The second-order valence-electron chi connectivity index (χ2n) is 5.92. The van der Waals surface area contributed by atoms with Gasteiger partial charge in [0.15, 0.2) is 0 Å². The fourth-order valence-corrected chi connectivity index (χ4v) is 3.33. The molecule has 0 amide bonds. The molecule has 2 aliphatic heterocycles. The predicted octanol–water partition coefficient (Wildman–Crippen LogP) is 1.39. The molecular weight excluding hydrogens is 268 g/mol. The summed E-state index contributed by atoms with van der Waals surface area (Å²) in [6.07, 6.45) is 1.21. The first kappa shape index (κ1) is 14.3. The first-order chi connectivity index (χ1) is 10.1. The van der Waals surface area contributed by atoms with Crippen LogP contribution in [0.4, 0.5) is 11.4 Å². The summed E-state index contributed by atoms with van der Waals surface area (Å²) in [5.74, 6) is 0. The molecule has 0 aromatic heterocycles. The second-order valence-corrected chi connectivity index (χ2v) is 5.92. The molecule has 6 heteroatoms. The van der Waals surface area contributed by atoms with Gasteiger partial charge in [-0.1, -0.05) is 6.07 Å². The Hall–Kier alpha value is -1.66. The number of piperazine rings is 1. The van der Waals surface area contributed by atoms with Crippen molar-refractivity contribution >= 4 is 11.4 Å². The third-order valence-electron chi connectivity index (χ3n) is 4.53. The summed E-state index contributed by atoms with van der Waals surface area (Å²) in [6, 6.07) is 6.15. The highest BCUT2D eigenvalue weighted by molar-refractivity contribution is 5.64. The van der Waals surface area contributed by atoms with Crippen molar-refractivity contribution in [2.45, 2.75) is 19.4 Å². The minimum absolute atomic E-state index is 0.228. The molecule has 21 heavy (non-hydrogen) atoms. The van der Waals surface area contributed by atoms with E-state index in [1.54, 1.807) is 6.07 Å². The van der Waals surface area contributed by atoms with Gasteiger partial charge in [-0.2, -0.15) is 0 Å². The summed E-state index contributed by atoms with van der Waals surface area (Å²) >= 11 is 0. The number of benzene rings is 1. The molecule has 0 radical (unpaired) electrons. The zero-order valence-electron chi connectivity index (χ0n) is 12.4. The lowest BCUT2D eigenvalue weighted by Crippen LogP contribution is -2.51. The second kappa shape index (κ2) is 5.99. The molecule has 2 fully saturated rings. The molecular formula is C15H22N4O2. The molecule has 2 saturated heterocycles. The van der Waals surface area contributed by atoms with E-state index in [4.69, 9.17) is 0 Å². The van der Waals surface area contributed by atoms with Gasteiger partial charge in [-0.25, -0.2) is 0 Å². The van der Waals surface area contributed by atoms with Crippen LogP contribution in [0.1, 0.15) is 12.0 Å². The van der Waals surface area contributed by atoms with Gasteiger partial charge in [0.25, 0.3) is 5.69 Å². The van der Waals surface area contributed by atoms with E-state index in [0.717, 1.165) is 50.5 Å². The number of aryl methyl sites for hydroxylation is 1. The number of hydrogen-bond acceptors (Lipinski definition) is 5. The van der Waals surface area contributed by atoms with Gasteiger partial charge in [-0.15, -0.1) is 0 Å². The van der Waals surface area contributed by atoms with E-state index in [1.165, 1.54) is 6.42 Å². The van der Waals surface area contributed by atoms with Crippen molar-refractivity contribution in [3.05, 3.63) is 33.9 Å². The first-order valence-corrected chi connectivity index (χ1v) is 7.60. The highest BCUT2D eigenvalue weighted by Gasteiger charge is 2.28. The van der Waals surface area contributed by atoms with Gasteiger partial charge in [0.05, 0.1) is 4.92 Å². The number of anilines is 1. The van der Waals surface area contributed by atoms with Crippen LogP contribution in [-0.2, 0) is 0 Å². The quantitative estimate of drug-likeness (QED) is 0.673. The van der Waals surface area contributed by atoms with Crippen LogP contribution in [0.3, 0.4) is 0 Å². The molecule has 1 unspecified atom stereocenters. The lowest BCUT2D eigenvalue weighted by molar-refractivity contribution is -0.384. The largest absolute Gasteiger partial charge is 0.363 e. The molecule has 2 aliphatic rings. The topological polar surface area (TPSA) is 61.6 Å². The van der Waals surface area contributed by atoms with E-state index in [0.29, 0.717) is 6.04 Å². The molecule has 0 aliphatic carbocycles. The molecule has 0 spiro atoms. The van der Waals surface area contributed by atoms with Crippen LogP contribution in [0, 0.1) is 17.0 Å². The van der Waals surface area contributed by atoms with E-state index in [9.17, 15) is 10.1 Å². The van der Waals surface area contributed by atoms with Crippen molar-refractivity contribution in [2.24, 2.45) is 0 Å². The fourth-order valence-electron chi connectivity index (χ4n) is 3.33. The molecule has 1 atom stereocenters. The maximum absolute atomic E-state index is 11.3. The number of rotatable bonds is 3. The Morgan fingerprint density at radius 1 is 1.29 bits per heavy atom. The van der Waals surface area contributed by atoms with Gasteiger partial charge in [0.2, 0.25) is 0 Å². The molecule has 1 aromatic rings. The van der Waals surface area contributed by atoms with Crippen LogP contribution >= 0.6 is 0 Å². The van der Waals surface area contributed by atoms with Crippen molar-refractivity contribution in [3.63, 3.8) is 0 Å². The number of nitrogens with one attached hydrogen (secondary N) is 1. The molecule has 1 aromatic carbocycles. The van der Waals surface area contributed by atoms with E-state index in [-0.39, 0.29) is 10.6 Å². The maximum Gasteiger partial charge on any atom is 0.292 e. The number of nitro groups is 1. The number of nitro benzene ring substituents is 1. The molecule has 2 heterocycles. The molecule has 3 rings (SSSR count). The average molecular weight is 290 g/mol. The smallest absolute Gasteiger partial charge is 0.292 e. The van der Waals surface area contributed by atoms with Gasteiger partial charge >= 0.3 is 0 Å². The molecule has 114 valence electrons. The van der Waals surface area contributed by atoms with Crippen molar-refractivity contribution in [1.29, 1.82) is 0 Å². The summed E-state index contributed by atoms with van der Waals surface area (Å²) in [6.45, 7) is 7.76. The Balaban J connectivity index is 1.70. The number of nitrogens with zero attached hydrogens (tertiary/aromatic N) is 3. The summed E-state index contributed by atoms with van der Waals surface area (Å²) in [5, 5.41) is 14.6. The number of hydrogen-bond donors (Lipinski definition) is 1. The van der Waals surface area contributed by atoms with Gasteiger partial charge in [-0.05, 0) is 31.5 Å². The minimum atomic E-state index is -0.268. The standard InChI is InChI=1S/C15H22N4O2/c1-12-2-3-14(15(10-12)19(20)21)18-8-6-17(7-9-18)13-4-5-16-11-13/h2-3,10,13,16H,4-9,11H2,1H3. The van der Waals surface area contributed by atoms with Crippen molar-refractivity contribution in [1.82, 2.24) is 10.2 Å². The third-order valence-corrected chi connectivity index (χ3v) is 4.53. The van der Waals surface area contributed by atoms with Crippen molar-refractivity contribution in [2.75, 3.05) is 44.2 Å². The van der Waals surface area contributed by atoms with E-state index in [1.807, 2.05) is 19.1 Å². The Morgan fingerprint density at radius 3 is 2.67 bits per heavy atom. The van der Waals surface area contributed by atoms with Crippen LogP contribution in [0.15, 0.2) is 18.2 Å². The van der Waals surface area contributed by atoms with E-state index in [2.05, 4.69) is 15.1 Å². The molecule has 1 N–H and O–H groups in total. The Labute approximate surface area is 124 Å². The fraction of sp³-hybridized carbons (Fsp3) is 0.600. The van der Waals surface area contributed by atoms with Crippen LogP contribution in [0.2, 0.25) is 0 Å². The Kier molecular flexibility index (Phi) is 4.07. The zero-order chi connectivity index (χ0) is 14.8. The maximum atomic E-state index is 11.3. The van der Waals surface area contributed by atoms with E-state index < -0.39 is 0 Å². The molecule has 0 bridgehead atoms. The van der Waals surface area contributed by atoms with Crippen molar-refractivity contribution < 1.29 is 4.92 Å². The van der Waals surface area contributed by atoms with Gasteiger partial charge < -0.3 is 10.2 Å². The third kappa shape index (κ3) is 3.01. The van der Waals surface area contributed by atoms with E-state index >= 15 is 0 Å². The van der Waals surface area contributed by atoms with Crippen LogP contribution in [0.5, 0.6) is 0 Å². The van der Waals surface area contributed by atoms with Gasteiger partial charge in [0.1, 0.15) is 5.69 Å². The SMILES string of the molecule is Cc1ccc(N2CCN(C3CCNC3)CC2)c([N+](=O)[O-])c1. The lowest BCUT2D eigenvalue weighted by Gasteiger charge is -2.38. The summed E-state index contributed by atoms with van der Waals surface area (Å²) in [7, 11) is 0. The minimum Gasteiger partial charge on any atom is -0.363 e. The summed E-state index contributed by atoms with van der Waals surface area (Å²) in [4.78, 5) is 15.6. The van der Waals surface area contributed by atoms with Gasteiger partial charge in [0, 0.05) is 44.8 Å². The normalized spacial score (nSPS) is 23.5. The monoisotopic (exact) mass is 290 g/mol. The first-order valence-electron chi connectivity index (χ1n) is 7.60. The Bertz CT molecular complexity index is 520. The highest BCUT2D eigenvalue weighted by Crippen LogP contribution is 2.30. The molecule has 6 nitrogen and oxygen atoms in total. The lowest BCUT2D eigenvalue weighted by atomic mass is 10.1. The average Bonchev–Trinajstić information content (AvgIpc) is 3.01. The van der Waals surface area contributed by atoms with Crippen LogP contribution in [0.25, 0.3) is 0 Å². The van der Waals surface area contributed by atoms with Crippen LogP contribution < -0.4 is 10.2 Å². The summed E-state index contributed by atoms with van der Waals surface area (Å²) < 4.78 is 0. The summed E-state index contributed by atoms with van der Waals surface area (Å²) in [5.41, 5.74) is 1.92. The van der Waals surface area contributed by atoms with Crippen molar-refractivity contribution in [3.8, 4) is 0 Å².